The van der Waals surface area contributed by atoms with Crippen molar-refractivity contribution in [2.24, 2.45) is 10.9 Å². The van der Waals surface area contributed by atoms with Crippen molar-refractivity contribution in [1.82, 2.24) is 9.80 Å². The normalized spacial score (nSPS) is 25.2. The van der Waals surface area contributed by atoms with Crippen molar-refractivity contribution in [2.75, 3.05) is 45.9 Å². The Balaban J connectivity index is 1.27. The van der Waals surface area contributed by atoms with Crippen molar-refractivity contribution in [1.29, 1.82) is 0 Å². The van der Waals surface area contributed by atoms with Crippen LogP contribution in [0, 0.1) is 5.92 Å². The summed E-state index contributed by atoms with van der Waals surface area (Å²) in [6.07, 6.45) is 14.9. The van der Waals surface area contributed by atoms with Crippen LogP contribution in [-0.4, -0.2) is 67.5 Å². The number of allylic oxidation sites excluding steroid dienone is 5. The third-order valence-electron chi connectivity index (χ3n) is 7.66. The minimum Gasteiger partial charge on any atom is -0.486 e. The van der Waals surface area contributed by atoms with Crippen molar-refractivity contribution in [3.63, 3.8) is 0 Å². The third-order valence-corrected chi connectivity index (χ3v) is 7.66. The molecule has 182 valence electrons. The maximum Gasteiger partial charge on any atom is 0.161 e. The first-order chi connectivity index (χ1) is 16.7. The highest BCUT2D eigenvalue weighted by Crippen LogP contribution is 2.32. The molecule has 4 aliphatic rings. The zero-order valence-corrected chi connectivity index (χ0v) is 20.8. The molecule has 3 aliphatic heterocycles. The van der Waals surface area contributed by atoms with Crippen LogP contribution in [0.25, 0.3) is 0 Å². The van der Waals surface area contributed by atoms with Gasteiger partial charge in [0.15, 0.2) is 11.5 Å². The summed E-state index contributed by atoms with van der Waals surface area (Å²) in [7, 11) is 0. The smallest absolute Gasteiger partial charge is 0.161 e. The average molecular weight is 462 g/mol. The van der Waals surface area contributed by atoms with Crippen molar-refractivity contribution >= 4 is 5.71 Å². The van der Waals surface area contributed by atoms with Gasteiger partial charge in [-0.25, -0.2) is 0 Å². The zero-order chi connectivity index (χ0) is 23.3. The highest BCUT2D eigenvalue weighted by atomic mass is 16.6. The molecular weight excluding hydrogens is 422 g/mol. The van der Waals surface area contributed by atoms with Crippen molar-refractivity contribution < 1.29 is 9.47 Å². The van der Waals surface area contributed by atoms with Crippen LogP contribution in [0.1, 0.15) is 45.1 Å². The lowest BCUT2D eigenvalue weighted by Crippen LogP contribution is -2.32. The molecule has 0 spiro atoms. The molecule has 3 heterocycles. The van der Waals surface area contributed by atoms with Crippen LogP contribution >= 0.6 is 0 Å². The van der Waals surface area contributed by atoms with Crippen LogP contribution in [-0.2, 0) is 6.42 Å². The second kappa shape index (κ2) is 10.8. The molecule has 0 N–H and O–H groups in total. The van der Waals surface area contributed by atoms with Crippen LogP contribution in [0.3, 0.4) is 0 Å². The van der Waals surface area contributed by atoms with E-state index in [2.05, 4.69) is 66.2 Å². The van der Waals surface area contributed by atoms with Crippen LogP contribution in [0.15, 0.2) is 58.8 Å². The van der Waals surface area contributed by atoms with E-state index in [-0.39, 0.29) is 6.04 Å². The van der Waals surface area contributed by atoms with Gasteiger partial charge in [0.1, 0.15) is 13.2 Å². The molecule has 5 rings (SSSR count). The molecule has 2 atom stereocenters. The monoisotopic (exact) mass is 461 g/mol. The number of hydrogen-bond donors (Lipinski definition) is 0. The largest absolute Gasteiger partial charge is 0.486 e. The van der Waals surface area contributed by atoms with Gasteiger partial charge in [0, 0.05) is 37.0 Å². The lowest BCUT2D eigenvalue weighted by molar-refractivity contribution is 0.171. The van der Waals surface area contributed by atoms with E-state index in [9.17, 15) is 0 Å². The van der Waals surface area contributed by atoms with Gasteiger partial charge in [-0.3, -0.25) is 4.99 Å². The molecule has 0 aromatic heterocycles. The van der Waals surface area contributed by atoms with Gasteiger partial charge in [0.05, 0.1) is 6.04 Å². The number of fused-ring (bicyclic) bond motifs is 1. The Morgan fingerprint density at radius 1 is 1.12 bits per heavy atom. The second-order valence-corrected chi connectivity index (χ2v) is 10.1. The average Bonchev–Trinajstić information content (AvgIpc) is 3.57. The molecule has 1 aromatic carbocycles. The standard InChI is InChI=1S/C29H39N3O2/c1-3-23-6-9-27(10-7-23)32-15-12-25(20-32)22(2)30-26(21-31-13-4-5-14-31)18-24-8-11-28-29(19-24)34-17-16-33-28/h3,6,8-11,19,25-26H,4-5,7,12-18,20-21H2,1-2H3. The highest BCUT2D eigenvalue weighted by Gasteiger charge is 2.27. The van der Waals surface area contributed by atoms with Gasteiger partial charge in [0.25, 0.3) is 0 Å². The molecule has 5 nitrogen and oxygen atoms in total. The highest BCUT2D eigenvalue weighted by molar-refractivity contribution is 5.85. The van der Waals surface area contributed by atoms with E-state index in [1.54, 1.807) is 0 Å². The molecule has 2 fully saturated rings. The molecule has 34 heavy (non-hydrogen) atoms. The lowest BCUT2D eigenvalue weighted by atomic mass is 10.0. The van der Waals surface area contributed by atoms with Crippen molar-refractivity contribution in [3.05, 3.63) is 59.3 Å². The summed E-state index contributed by atoms with van der Waals surface area (Å²) >= 11 is 0. The van der Waals surface area contributed by atoms with Gasteiger partial charge in [0.2, 0.25) is 0 Å². The number of ether oxygens (including phenoxy) is 2. The number of rotatable bonds is 7. The van der Waals surface area contributed by atoms with E-state index >= 15 is 0 Å². The van der Waals surface area contributed by atoms with E-state index < -0.39 is 0 Å². The number of hydrogen-bond acceptors (Lipinski definition) is 5. The van der Waals surface area contributed by atoms with Crippen LogP contribution in [0.2, 0.25) is 0 Å². The van der Waals surface area contributed by atoms with Gasteiger partial charge in [-0.05, 0) is 88.4 Å². The van der Waals surface area contributed by atoms with E-state index in [4.69, 9.17) is 14.5 Å². The van der Waals surface area contributed by atoms with E-state index in [0.717, 1.165) is 44.0 Å². The SMILES string of the molecule is CC=C1C=CC(N2CCC(C(C)=NC(Cc3ccc4c(c3)OCCO4)CN3CCCC3)C2)=CC1. The Kier molecular flexibility index (Phi) is 7.39. The summed E-state index contributed by atoms with van der Waals surface area (Å²) in [6, 6.07) is 6.69. The van der Waals surface area contributed by atoms with Crippen LogP contribution in [0.4, 0.5) is 0 Å². The first-order valence-corrected chi connectivity index (χ1v) is 13.1. The van der Waals surface area contributed by atoms with Crippen molar-refractivity contribution in [2.45, 2.75) is 52.0 Å². The fourth-order valence-electron chi connectivity index (χ4n) is 5.63. The number of nitrogens with zero attached hydrogens (tertiary/aromatic N) is 3. The summed E-state index contributed by atoms with van der Waals surface area (Å²) < 4.78 is 11.6. The van der Waals surface area contributed by atoms with Crippen LogP contribution < -0.4 is 9.47 Å². The predicted octanol–water partition coefficient (Wildman–Crippen LogP) is 5.04. The summed E-state index contributed by atoms with van der Waals surface area (Å²) in [5, 5.41) is 0. The predicted molar refractivity (Wildman–Crippen MR) is 139 cm³/mol. The summed E-state index contributed by atoms with van der Waals surface area (Å²) in [4.78, 5) is 10.5. The zero-order valence-electron chi connectivity index (χ0n) is 20.8. The molecule has 2 unspecified atom stereocenters. The Labute approximate surface area is 204 Å². The van der Waals surface area contributed by atoms with Crippen molar-refractivity contribution in [3.8, 4) is 11.5 Å². The topological polar surface area (TPSA) is 37.3 Å². The lowest BCUT2D eigenvalue weighted by Gasteiger charge is -2.24. The number of aliphatic imine (C=N–C) groups is 1. The molecule has 1 aromatic rings. The Morgan fingerprint density at radius 2 is 1.94 bits per heavy atom. The Hall–Kier alpha value is -2.53. The molecule has 5 heteroatoms. The van der Waals surface area contributed by atoms with Gasteiger partial charge in [-0.15, -0.1) is 0 Å². The minimum absolute atomic E-state index is 0.278. The molecule has 0 saturated carbocycles. The molecule has 2 saturated heterocycles. The second-order valence-electron chi connectivity index (χ2n) is 10.1. The quantitative estimate of drug-likeness (QED) is 0.533. The summed E-state index contributed by atoms with van der Waals surface area (Å²) in [6.45, 7) is 11.3. The van der Waals surface area contributed by atoms with Crippen LogP contribution in [0.5, 0.6) is 11.5 Å². The van der Waals surface area contributed by atoms with E-state index in [1.807, 2.05) is 0 Å². The van der Waals surface area contributed by atoms with Gasteiger partial charge < -0.3 is 19.3 Å². The van der Waals surface area contributed by atoms with Gasteiger partial charge in [-0.1, -0.05) is 24.3 Å². The first kappa shape index (κ1) is 23.2. The maximum atomic E-state index is 5.83. The first-order valence-electron chi connectivity index (χ1n) is 13.1. The summed E-state index contributed by atoms with van der Waals surface area (Å²) in [5.41, 5.74) is 5.39. The van der Waals surface area contributed by atoms with Gasteiger partial charge in [-0.2, -0.15) is 0 Å². The Morgan fingerprint density at radius 3 is 2.71 bits per heavy atom. The fraction of sp³-hybridized carbons (Fsp3) is 0.552. The Bertz CT molecular complexity index is 987. The molecule has 0 bridgehead atoms. The minimum atomic E-state index is 0.278. The summed E-state index contributed by atoms with van der Waals surface area (Å²) in [5.74, 6) is 2.29. The number of likely N-dealkylation sites (tertiary alicyclic amines) is 2. The van der Waals surface area contributed by atoms with E-state index in [0.29, 0.717) is 19.1 Å². The molecule has 0 amide bonds. The molecule has 0 radical (unpaired) electrons. The molecular formula is C29H39N3O2. The third kappa shape index (κ3) is 5.57. The number of benzene rings is 1. The maximum absolute atomic E-state index is 5.83. The fourth-order valence-corrected chi connectivity index (χ4v) is 5.63. The van der Waals surface area contributed by atoms with Gasteiger partial charge >= 0.3 is 0 Å². The molecule has 1 aliphatic carbocycles. The van der Waals surface area contributed by atoms with E-state index in [1.165, 1.54) is 54.9 Å².